The lowest BCUT2D eigenvalue weighted by molar-refractivity contribution is -0.118. The first-order chi connectivity index (χ1) is 10.9. The summed E-state index contributed by atoms with van der Waals surface area (Å²) in [6, 6.07) is 0. The van der Waals surface area contributed by atoms with Crippen LogP contribution in [0.4, 0.5) is 0 Å². The molecule has 0 radical (unpaired) electrons. The lowest BCUT2D eigenvalue weighted by atomic mass is 9.87. The van der Waals surface area contributed by atoms with E-state index in [4.69, 9.17) is 27.6 Å². The number of carbonyl (C=O) groups is 1. The molecule has 2 rings (SSSR count). The smallest absolute Gasteiger partial charge is 0.192 e. The Bertz CT molecular complexity index is 470. The molecule has 24 heavy (non-hydrogen) atoms. The summed E-state index contributed by atoms with van der Waals surface area (Å²) in [5, 5.41) is 0.244. The van der Waals surface area contributed by atoms with Crippen molar-refractivity contribution in [3.05, 3.63) is 0 Å². The van der Waals surface area contributed by atoms with Crippen molar-refractivity contribution in [2.24, 2.45) is 17.8 Å². The highest BCUT2D eigenvalue weighted by Crippen LogP contribution is 2.56. The molecule has 2 fully saturated rings. The average Bonchev–Trinajstić information content (AvgIpc) is 2.94. The SMILES string of the molecule is CCC(CCC1CCC2C1CC(=O)C2(Cl)Cl)O[Si](C)(C)C(C)(C)C. The minimum absolute atomic E-state index is 0.0371. The normalized spacial score (nSPS) is 31.3. The zero-order valence-corrected chi connectivity index (χ0v) is 18.6. The number of Topliss-reactive ketones (excluding diaryl/α,β-unsaturated/α-hetero) is 1. The van der Waals surface area contributed by atoms with Crippen LogP contribution in [-0.4, -0.2) is 24.5 Å². The number of fused-ring (bicyclic) bond motifs is 1. The highest BCUT2D eigenvalue weighted by Gasteiger charge is 2.57. The molecule has 0 aromatic rings. The van der Waals surface area contributed by atoms with Gasteiger partial charge in [-0.3, -0.25) is 4.79 Å². The van der Waals surface area contributed by atoms with Crippen LogP contribution in [0, 0.1) is 17.8 Å². The van der Waals surface area contributed by atoms with Crippen molar-refractivity contribution in [1.82, 2.24) is 0 Å². The summed E-state index contributed by atoms with van der Waals surface area (Å²) in [7, 11) is -1.72. The lowest BCUT2D eigenvalue weighted by Crippen LogP contribution is -2.43. The van der Waals surface area contributed by atoms with Gasteiger partial charge in [0.25, 0.3) is 0 Å². The van der Waals surface area contributed by atoms with Gasteiger partial charge in [-0.2, -0.15) is 0 Å². The van der Waals surface area contributed by atoms with E-state index in [0.717, 1.165) is 32.1 Å². The first kappa shape index (κ1) is 20.7. The number of hydrogen-bond acceptors (Lipinski definition) is 2. The summed E-state index contributed by atoms with van der Waals surface area (Å²) < 4.78 is 5.48. The van der Waals surface area contributed by atoms with Gasteiger partial charge in [-0.25, -0.2) is 0 Å². The Labute approximate surface area is 159 Å². The molecule has 4 unspecified atom stereocenters. The Morgan fingerprint density at radius 3 is 2.46 bits per heavy atom. The topological polar surface area (TPSA) is 26.3 Å². The molecule has 0 bridgehead atoms. The fraction of sp³-hybridized carbons (Fsp3) is 0.947. The van der Waals surface area contributed by atoms with E-state index in [1.165, 1.54) is 0 Å². The van der Waals surface area contributed by atoms with Crippen molar-refractivity contribution in [3.63, 3.8) is 0 Å². The zero-order valence-electron chi connectivity index (χ0n) is 16.1. The fourth-order valence-corrected chi connectivity index (χ4v) is 6.33. The molecule has 140 valence electrons. The molecule has 2 saturated carbocycles. The van der Waals surface area contributed by atoms with E-state index >= 15 is 0 Å². The molecule has 0 aliphatic heterocycles. The van der Waals surface area contributed by atoms with Gasteiger partial charge in [-0.15, -0.1) is 0 Å². The number of ketones is 1. The summed E-state index contributed by atoms with van der Waals surface area (Å²) in [6.07, 6.45) is 6.32. The Hall–Kier alpha value is 0.427. The van der Waals surface area contributed by atoms with Gasteiger partial charge in [0, 0.05) is 18.4 Å². The first-order valence-electron chi connectivity index (χ1n) is 9.49. The van der Waals surface area contributed by atoms with E-state index in [-0.39, 0.29) is 16.7 Å². The lowest BCUT2D eigenvalue weighted by Gasteiger charge is -2.39. The van der Waals surface area contributed by atoms with Crippen LogP contribution in [-0.2, 0) is 9.22 Å². The van der Waals surface area contributed by atoms with Crippen molar-refractivity contribution >= 4 is 37.3 Å². The maximum absolute atomic E-state index is 12.1. The fourth-order valence-electron chi connectivity index (χ4n) is 4.16. The number of carbonyl (C=O) groups excluding carboxylic acids is 1. The minimum Gasteiger partial charge on any atom is -0.414 e. The second kappa shape index (κ2) is 7.21. The van der Waals surface area contributed by atoms with E-state index in [1.54, 1.807) is 0 Å². The Morgan fingerprint density at radius 2 is 1.92 bits per heavy atom. The molecular weight excluding hydrogens is 359 g/mol. The van der Waals surface area contributed by atoms with Crippen LogP contribution in [0.2, 0.25) is 18.1 Å². The first-order valence-corrected chi connectivity index (χ1v) is 13.2. The van der Waals surface area contributed by atoms with Gasteiger partial charge in [0.2, 0.25) is 0 Å². The van der Waals surface area contributed by atoms with Crippen LogP contribution in [0.3, 0.4) is 0 Å². The number of hydrogen-bond donors (Lipinski definition) is 0. The summed E-state index contributed by atoms with van der Waals surface area (Å²) in [5.41, 5.74) is 0. The largest absolute Gasteiger partial charge is 0.414 e. The van der Waals surface area contributed by atoms with Crippen LogP contribution >= 0.6 is 23.2 Å². The molecule has 0 saturated heterocycles. The van der Waals surface area contributed by atoms with Crippen molar-refractivity contribution in [2.45, 2.75) is 94.8 Å². The molecule has 0 aromatic heterocycles. The third-order valence-electron chi connectivity index (χ3n) is 6.81. The van der Waals surface area contributed by atoms with Gasteiger partial charge in [0.1, 0.15) is 0 Å². The molecule has 2 aliphatic rings. The zero-order chi connectivity index (χ0) is 18.3. The molecular formula is C19H34Cl2O2Si. The standard InChI is InChI=1S/C19H34Cl2O2Si/c1-7-14(23-24(5,6)18(2,3)4)10-8-13-9-11-16-15(13)12-17(22)19(16,20)21/h13-16H,7-12H2,1-6H3. The van der Waals surface area contributed by atoms with Crippen molar-refractivity contribution in [3.8, 4) is 0 Å². The number of rotatable bonds is 6. The Kier molecular flexibility index (Phi) is 6.23. The molecule has 0 aromatic carbocycles. The maximum atomic E-state index is 12.1. The van der Waals surface area contributed by atoms with Gasteiger partial charge in [-0.05, 0) is 62.1 Å². The van der Waals surface area contributed by atoms with Crippen LogP contribution < -0.4 is 0 Å². The molecule has 2 aliphatic carbocycles. The average molecular weight is 393 g/mol. The van der Waals surface area contributed by atoms with E-state index < -0.39 is 12.7 Å². The van der Waals surface area contributed by atoms with E-state index in [9.17, 15) is 4.79 Å². The van der Waals surface area contributed by atoms with Gasteiger partial charge < -0.3 is 4.43 Å². The quantitative estimate of drug-likeness (QED) is 0.388. The van der Waals surface area contributed by atoms with Gasteiger partial charge in [0.15, 0.2) is 18.4 Å². The molecule has 0 heterocycles. The van der Waals surface area contributed by atoms with Gasteiger partial charge in [0.05, 0.1) is 0 Å². The molecule has 0 N–H and O–H groups in total. The maximum Gasteiger partial charge on any atom is 0.192 e. The van der Waals surface area contributed by atoms with Crippen LogP contribution in [0.1, 0.15) is 66.2 Å². The second-order valence-corrected chi connectivity index (χ2v) is 15.5. The van der Waals surface area contributed by atoms with Crippen LogP contribution in [0.5, 0.6) is 0 Å². The van der Waals surface area contributed by atoms with Crippen molar-refractivity contribution < 1.29 is 9.22 Å². The van der Waals surface area contributed by atoms with E-state index in [2.05, 4.69) is 40.8 Å². The Balaban J connectivity index is 1.92. The van der Waals surface area contributed by atoms with Crippen LogP contribution in [0.15, 0.2) is 0 Å². The van der Waals surface area contributed by atoms with Crippen molar-refractivity contribution in [2.75, 3.05) is 0 Å². The third kappa shape index (κ3) is 4.05. The summed E-state index contributed by atoms with van der Waals surface area (Å²) >= 11 is 12.6. The number of alkyl halides is 2. The van der Waals surface area contributed by atoms with Crippen molar-refractivity contribution in [1.29, 1.82) is 0 Å². The summed E-state index contributed by atoms with van der Waals surface area (Å²) in [5.74, 6) is 1.17. The number of halogens is 2. The van der Waals surface area contributed by atoms with E-state index in [0.29, 0.717) is 24.4 Å². The van der Waals surface area contributed by atoms with Gasteiger partial charge in [-0.1, -0.05) is 50.9 Å². The molecule has 0 spiro atoms. The molecule has 5 heteroatoms. The summed E-state index contributed by atoms with van der Waals surface area (Å²) in [4.78, 5) is 12.1. The highest BCUT2D eigenvalue weighted by atomic mass is 35.5. The monoisotopic (exact) mass is 392 g/mol. The molecule has 4 atom stereocenters. The highest BCUT2D eigenvalue weighted by molar-refractivity contribution is 6.74. The third-order valence-corrected chi connectivity index (χ3v) is 12.3. The predicted octanol–water partition coefficient (Wildman–Crippen LogP) is 6.36. The summed E-state index contributed by atoms with van der Waals surface area (Å²) in [6.45, 7) is 13.7. The van der Waals surface area contributed by atoms with Gasteiger partial charge >= 0.3 is 0 Å². The van der Waals surface area contributed by atoms with E-state index in [1.807, 2.05) is 0 Å². The predicted molar refractivity (Wildman–Crippen MR) is 105 cm³/mol. The molecule has 2 nitrogen and oxygen atoms in total. The minimum atomic E-state index is -1.72. The van der Waals surface area contributed by atoms with Crippen LogP contribution in [0.25, 0.3) is 0 Å². The Morgan fingerprint density at radius 1 is 1.29 bits per heavy atom. The molecule has 0 amide bonds. The second-order valence-electron chi connectivity index (χ2n) is 9.34.